The number of nitrogens with one attached hydrogen (secondary N) is 2. The molecule has 1 aromatic heterocycles. The Morgan fingerprint density at radius 2 is 1.88 bits per heavy atom. The standard InChI is InChI=1S/C18H24FN3OS/c1-24-14-12-22-18(21-11-9-17-3-2-13-23-17)20-10-8-15-4-6-16(19)7-5-15/h2-7,13H,8-12,14H2,1H3,(H2,20,21,22). The molecule has 0 radical (unpaired) electrons. The quantitative estimate of drug-likeness (QED) is 0.415. The van der Waals surface area contributed by atoms with Gasteiger partial charge in [-0.05, 0) is 42.5 Å². The van der Waals surface area contributed by atoms with Crippen molar-refractivity contribution in [2.45, 2.75) is 12.8 Å². The van der Waals surface area contributed by atoms with Gasteiger partial charge in [0.25, 0.3) is 0 Å². The maximum atomic E-state index is 12.9. The number of furan rings is 1. The number of benzene rings is 1. The minimum Gasteiger partial charge on any atom is -0.469 e. The third kappa shape index (κ3) is 7.08. The molecule has 4 nitrogen and oxygen atoms in total. The Morgan fingerprint density at radius 3 is 2.54 bits per heavy atom. The van der Waals surface area contributed by atoms with Crippen LogP contribution in [-0.4, -0.2) is 37.6 Å². The molecule has 0 aliphatic carbocycles. The Bertz CT molecular complexity index is 599. The van der Waals surface area contributed by atoms with Crippen molar-refractivity contribution < 1.29 is 8.81 Å². The maximum Gasteiger partial charge on any atom is 0.191 e. The lowest BCUT2D eigenvalue weighted by atomic mass is 10.1. The molecule has 0 saturated heterocycles. The average molecular weight is 349 g/mol. The van der Waals surface area contributed by atoms with Gasteiger partial charge in [-0.2, -0.15) is 11.8 Å². The van der Waals surface area contributed by atoms with Gasteiger partial charge in [-0.25, -0.2) is 4.39 Å². The number of nitrogens with zero attached hydrogens (tertiary/aromatic N) is 1. The van der Waals surface area contributed by atoms with Crippen molar-refractivity contribution in [1.29, 1.82) is 0 Å². The van der Waals surface area contributed by atoms with Crippen molar-refractivity contribution in [3.63, 3.8) is 0 Å². The Labute approximate surface area is 146 Å². The number of thioether (sulfide) groups is 1. The fourth-order valence-corrected chi connectivity index (χ4v) is 2.43. The molecule has 1 heterocycles. The van der Waals surface area contributed by atoms with Crippen LogP contribution < -0.4 is 10.6 Å². The topological polar surface area (TPSA) is 49.6 Å². The van der Waals surface area contributed by atoms with Crippen LogP contribution in [0.5, 0.6) is 0 Å². The molecule has 0 bridgehead atoms. The second-order valence-electron chi connectivity index (χ2n) is 5.28. The molecule has 6 heteroatoms. The van der Waals surface area contributed by atoms with Crippen molar-refractivity contribution in [3.05, 3.63) is 59.8 Å². The van der Waals surface area contributed by atoms with Crippen molar-refractivity contribution in [2.24, 2.45) is 4.99 Å². The Balaban J connectivity index is 1.76. The van der Waals surface area contributed by atoms with Crippen molar-refractivity contribution in [2.75, 3.05) is 31.6 Å². The molecule has 0 saturated carbocycles. The van der Waals surface area contributed by atoms with E-state index in [0.29, 0.717) is 0 Å². The predicted octanol–water partition coefficient (Wildman–Crippen LogP) is 3.10. The van der Waals surface area contributed by atoms with Gasteiger partial charge in [0, 0.05) is 25.3 Å². The van der Waals surface area contributed by atoms with Gasteiger partial charge in [0.05, 0.1) is 12.8 Å². The lowest BCUT2D eigenvalue weighted by Crippen LogP contribution is -2.39. The molecular weight excluding hydrogens is 325 g/mol. The third-order valence-electron chi connectivity index (χ3n) is 3.43. The van der Waals surface area contributed by atoms with Crippen molar-refractivity contribution in [1.82, 2.24) is 10.6 Å². The van der Waals surface area contributed by atoms with E-state index >= 15 is 0 Å². The molecule has 0 atom stereocenters. The summed E-state index contributed by atoms with van der Waals surface area (Å²) in [5.74, 6) is 2.55. The fraction of sp³-hybridized carbons (Fsp3) is 0.389. The molecule has 2 rings (SSSR count). The SMILES string of the molecule is CSCCN=C(NCCc1ccc(F)cc1)NCCc1ccco1. The van der Waals surface area contributed by atoms with Crippen LogP contribution in [0.4, 0.5) is 4.39 Å². The Morgan fingerprint density at radius 1 is 1.12 bits per heavy atom. The molecule has 0 amide bonds. The molecule has 130 valence electrons. The van der Waals surface area contributed by atoms with E-state index < -0.39 is 0 Å². The lowest BCUT2D eigenvalue weighted by molar-refractivity contribution is 0.507. The van der Waals surface area contributed by atoms with Gasteiger partial charge < -0.3 is 15.1 Å². The van der Waals surface area contributed by atoms with Gasteiger partial charge in [-0.15, -0.1) is 0 Å². The van der Waals surface area contributed by atoms with Crippen LogP contribution in [0.15, 0.2) is 52.1 Å². The summed E-state index contributed by atoms with van der Waals surface area (Å²) < 4.78 is 18.2. The molecular formula is C18H24FN3OS. The van der Waals surface area contributed by atoms with Crippen LogP contribution in [-0.2, 0) is 12.8 Å². The predicted molar refractivity (Wildman–Crippen MR) is 99.2 cm³/mol. The first-order valence-corrected chi connectivity index (χ1v) is 9.45. The summed E-state index contributed by atoms with van der Waals surface area (Å²) in [6.45, 7) is 2.28. The zero-order valence-electron chi connectivity index (χ0n) is 13.9. The van der Waals surface area contributed by atoms with Gasteiger partial charge in [-0.3, -0.25) is 4.99 Å². The van der Waals surface area contributed by atoms with E-state index in [4.69, 9.17) is 4.42 Å². The molecule has 0 unspecified atom stereocenters. The minimum absolute atomic E-state index is 0.203. The van der Waals surface area contributed by atoms with Crippen LogP contribution in [0.25, 0.3) is 0 Å². The second-order valence-corrected chi connectivity index (χ2v) is 6.27. The van der Waals surface area contributed by atoms with Crippen LogP contribution in [0.3, 0.4) is 0 Å². The lowest BCUT2D eigenvalue weighted by Gasteiger charge is -2.12. The smallest absolute Gasteiger partial charge is 0.191 e. The largest absolute Gasteiger partial charge is 0.469 e. The molecule has 1 aromatic carbocycles. The van der Waals surface area contributed by atoms with Gasteiger partial charge in [0.15, 0.2) is 5.96 Å². The highest BCUT2D eigenvalue weighted by Gasteiger charge is 2.01. The normalized spacial score (nSPS) is 11.5. The second kappa shape index (κ2) is 10.8. The van der Waals surface area contributed by atoms with Gasteiger partial charge in [0.1, 0.15) is 11.6 Å². The summed E-state index contributed by atoms with van der Waals surface area (Å²) in [6, 6.07) is 10.5. The number of hydrogen-bond donors (Lipinski definition) is 2. The molecule has 0 aliphatic rings. The summed E-state index contributed by atoms with van der Waals surface area (Å²) in [5, 5.41) is 6.65. The molecule has 2 N–H and O–H groups in total. The summed E-state index contributed by atoms with van der Waals surface area (Å²) >= 11 is 1.77. The maximum absolute atomic E-state index is 12.9. The van der Waals surface area contributed by atoms with E-state index in [1.54, 1.807) is 18.0 Å². The van der Waals surface area contributed by atoms with E-state index in [2.05, 4.69) is 21.9 Å². The molecule has 0 fully saturated rings. The van der Waals surface area contributed by atoms with Crippen molar-refractivity contribution >= 4 is 17.7 Å². The highest BCUT2D eigenvalue weighted by molar-refractivity contribution is 7.98. The van der Waals surface area contributed by atoms with E-state index in [-0.39, 0.29) is 5.82 Å². The zero-order chi connectivity index (χ0) is 17.0. The molecule has 0 spiro atoms. The summed E-state index contributed by atoms with van der Waals surface area (Å²) in [6.07, 6.45) is 5.39. The summed E-state index contributed by atoms with van der Waals surface area (Å²) in [7, 11) is 0. The van der Waals surface area contributed by atoms with Crippen LogP contribution in [0, 0.1) is 5.82 Å². The number of aliphatic imine (C=N–C) groups is 1. The number of rotatable bonds is 9. The highest BCUT2D eigenvalue weighted by Crippen LogP contribution is 2.03. The Hall–Kier alpha value is -1.95. The van der Waals surface area contributed by atoms with Gasteiger partial charge >= 0.3 is 0 Å². The first kappa shape index (κ1) is 18.4. The molecule has 0 aliphatic heterocycles. The fourth-order valence-electron chi connectivity index (χ4n) is 2.16. The van der Waals surface area contributed by atoms with Crippen LogP contribution >= 0.6 is 11.8 Å². The first-order valence-electron chi connectivity index (χ1n) is 8.06. The number of hydrogen-bond acceptors (Lipinski definition) is 3. The summed E-state index contributed by atoms with van der Waals surface area (Å²) in [5.41, 5.74) is 1.10. The Kier molecular flexibility index (Phi) is 8.24. The monoisotopic (exact) mass is 349 g/mol. The first-order chi connectivity index (χ1) is 11.8. The van der Waals surface area contributed by atoms with E-state index in [1.165, 1.54) is 12.1 Å². The molecule has 2 aromatic rings. The number of halogens is 1. The van der Waals surface area contributed by atoms with Gasteiger partial charge in [-0.1, -0.05) is 12.1 Å². The van der Waals surface area contributed by atoms with E-state index in [0.717, 1.165) is 55.5 Å². The van der Waals surface area contributed by atoms with Crippen molar-refractivity contribution in [3.8, 4) is 0 Å². The highest BCUT2D eigenvalue weighted by atomic mass is 32.2. The third-order valence-corrected chi connectivity index (χ3v) is 4.02. The molecule has 24 heavy (non-hydrogen) atoms. The van der Waals surface area contributed by atoms with E-state index in [9.17, 15) is 4.39 Å². The number of guanidine groups is 1. The minimum atomic E-state index is -0.203. The average Bonchev–Trinajstić information content (AvgIpc) is 3.10. The zero-order valence-corrected chi connectivity index (χ0v) is 14.7. The summed E-state index contributed by atoms with van der Waals surface area (Å²) in [4.78, 5) is 4.56. The van der Waals surface area contributed by atoms with E-state index in [1.807, 2.05) is 24.3 Å². The van der Waals surface area contributed by atoms with Crippen LogP contribution in [0.1, 0.15) is 11.3 Å². The van der Waals surface area contributed by atoms with Gasteiger partial charge in [0.2, 0.25) is 0 Å². The van der Waals surface area contributed by atoms with Crippen LogP contribution in [0.2, 0.25) is 0 Å².